The molecular formula is C21H22ClFN2O2. The molecule has 0 spiro atoms. The van der Waals surface area contributed by atoms with E-state index in [0.29, 0.717) is 23.7 Å². The minimum Gasteiger partial charge on any atom is -0.354 e. The summed E-state index contributed by atoms with van der Waals surface area (Å²) >= 11 is 6.00. The van der Waals surface area contributed by atoms with Crippen molar-refractivity contribution in [3.8, 4) is 0 Å². The number of rotatable bonds is 4. The summed E-state index contributed by atoms with van der Waals surface area (Å²) in [6.07, 6.45) is 0. The molecular weight excluding hydrogens is 367 g/mol. The molecule has 0 saturated carbocycles. The number of nitrogens with zero attached hydrogens (tertiary/aromatic N) is 1. The predicted octanol–water partition coefficient (Wildman–Crippen LogP) is 3.86. The lowest BCUT2D eigenvalue weighted by atomic mass is 9.88. The molecule has 2 atom stereocenters. The Morgan fingerprint density at radius 2 is 1.85 bits per heavy atom. The molecule has 1 aliphatic rings. The van der Waals surface area contributed by atoms with Crippen LogP contribution in [-0.2, 0) is 4.79 Å². The maximum atomic E-state index is 13.3. The highest BCUT2D eigenvalue weighted by molar-refractivity contribution is 6.30. The number of likely N-dealkylation sites (tertiary alicyclic amines) is 1. The van der Waals surface area contributed by atoms with E-state index < -0.39 is 0 Å². The van der Waals surface area contributed by atoms with Gasteiger partial charge in [0, 0.05) is 35.6 Å². The van der Waals surface area contributed by atoms with Crippen LogP contribution >= 0.6 is 11.6 Å². The van der Waals surface area contributed by atoms with Gasteiger partial charge in [0.2, 0.25) is 5.91 Å². The van der Waals surface area contributed by atoms with Crippen LogP contribution in [0.3, 0.4) is 0 Å². The summed E-state index contributed by atoms with van der Waals surface area (Å²) in [5, 5.41) is 3.42. The average Bonchev–Trinajstić information content (AvgIpc) is 3.06. The van der Waals surface area contributed by atoms with Crippen molar-refractivity contribution in [3.05, 3.63) is 70.5 Å². The van der Waals surface area contributed by atoms with Gasteiger partial charge >= 0.3 is 0 Å². The molecule has 1 aliphatic heterocycles. The molecule has 0 aromatic heterocycles. The Kier molecular flexibility index (Phi) is 5.80. The van der Waals surface area contributed by atoms with Gasteiger partial charge in [-0.1, -0.05) is 29.8 Å². The van der Waals surface area contributed by atoms with Gasteiger partial charge in [0.1, 0.15) is 5.82 Å². The zero-order valence-electron chi connectivity index (χ0n) is 15.3. The van der Waals surface area contributed by atoms with Crippen molar-refractivity contribution >= 4 is 23.4 Å². The van der Waals surface area contributed by atoms with Crippen LogP contribution in [0.15, 0.2) is 48.5 Å². The predicted molar refractivity (Wildman–Crippen MR) is 103 cm³/mol. The molecule has 0 bridgehead atoms. The molecule has 3 rings (SSSR count). The number of amides is 2. The number of carbonyl (C=O) groups excluding carboxylic acids is 2. The van der Waals surface area contributed by atoms with Gasteiger partial charge in [-0.3, -0.25) is 9.59 Å². The highest BCUT2D eigenvalue weighted by Crippen LogP contribution is 2.34. The second kappa shape index (κ2) is 8.09. The van der Waals surface area contributed by atoms with Crippen molar-refractivity contribution < 1.29 is 14.0 Å². The van der Waals surface area contributed by atoms with Gasteiger partial charge in [-0.05, 0) is 49.7 Å². The average molecular weight is 389 g/mol. The number of hydrogen-bond donors (Lipinski definition) is 1. The van der Waals surface area contributed by atoms with Gasteiger partial charge in [0.15, 0.2) is 0 Å². The van der Waals surface area contributed by atoms with Crippen molar-refractivity contribution in [2.75, 3.05) is 13.1 Å². The van der Waals surface area contributed by atoms with Crippen LogP contribution in [0.1, 0.15) is 35.7 Å². The first-order chi connectivity index (χ1) is 12.8. The molecule has 2 aromatic rings. The molecule has 1 fully saturated rings. The van der Waals surface area contributed by atoms with E-state index in [2.05, 4.69) is 5.32 Å². The van der Waals surface area contributed by atoms with Crippen LogP contribution in [0.4, 0.5) is 4.39 Å². The first-order valence-corrected chi connectivity index (χ1v) is 9.33. The Bertz CT molecular complexity index is 838. The Morgan fingerprint density at radius 3 is 2.48 bits per heavy atom. The fourth-order valence-corrected chi connectivity index (χ4v) is 3.67. The van der Waals surface area contributed by atoms with Crippen molar-refractivity contribution in [2.45, 2.75) is 25.8 Å². The van der Waals surface area contributed by atoms with Crippen molar-refractivity contribution in [1.29, 1.82) is 0 Å². The van der Waals surface area contributed by atoms with Crippen LogP contribution in [0.5, 0.6) is 0 Å². The van der Waals surface area contributed by atoms with Gasteiger partial charge in [-0.25, -0.2) is 4.39 Å². The van der Waals surface area contributed by atoms with E-state index in [9.17, 15) is 14.0 Å². The number of halogens is 2. The Balaban J connectivity index is 1.87. The summed E-state index contributed by atoms with van der Waals surface area (Å²) in [6.45, 7) is 4.50. The highest BCUT2D eigenvalue weighted by Gasteiger charge is 2.40. The van der Waals surface area contributed by atoms with Gasteiger partial charge in [-0.2, -0.15) is 0 Å². The zero-order valence-corrected chi connectivity index (χ0v) is 16.0. The van der Waals surface area contributed by atoms with E-state index in [-0.39, 0.29) is 35.5 Å². The third-order valence-corrected chi connectivity index (χ3v) is 4.98. The molecule has 0 radical (unpaired) electrons. The SMILES string of the molecule is CC(C)NC(=O)C1CN(C(=O)c2cccc(Cl)c2)CC1c1ccc(F)cc1. The molecule has 1 saturated heterocycles. The minimum atomic E-state index is -0.388. The Morgan fingerprint density at radius 1 is 1.15 bits per heavy atom. The van der Waals surface area contributed by atoms with Crippen LogP contribution in [0.2, 0.25) is 5.02 Å². The van der Waals surface area contributed by atoms with Crippen LogP contribution < -0.4 is 5.32 Å². The van der Waals surface area contributed by atoms with Crippen LogP contribution in [0.25, 0.3) is 0 Å². The van der Waals surface area contributed by atoms with E-state index in [0.717, 1.165) is 5.56 Å². The summed E-state index contributed by atoms with van der Waals surface area (Å²) in [4.78, 5) is 27.3. The van der Waals surface area contributed by atoms with Crippen molar-refractivity contribution in [3.63, 3.8) is 0 Å². The minimum absolute atomic E-state index is 0.00375. The van der Waals surface area contributed by atoms with E-state index >= 15 is 0 Å². The Hall–Kier alpha value is -2.40. The van der Waals surface area contributed by atoms with Gasteiger partial charge in [0.25, 0.3) is 5.91 Å². The van der Waals surface area contributed by atoms with Gasteiger partial charge in [0.05, 0.1) is 5.92 Å². The summed E-state index contributed by atoms with van der Waals surface area (Å²) in [5.74, 6) is -1.16. The standard InChI is InChI=1S/C21H22ClFN2O2/c1-13(2)24-20(26)19-12-25(21(27)15-4-3-5-16(22)10-15)11-18(19)14-6-8-17(23)9-7-14/h3-10,13,18-19H,11-12H2,1-2H3,(H,24,26). The van der Waals surface area contributed by atoms with Crippen molar-refractivity contribution in [2.24, 2.45) is 5.92 Å². The lowest BCUT2D eigenvalue weighted by molar-refractivity contribution is -0.125. The lowest BCUT2D eigenvalue weighted by Gasteiger charge is -2.19. The summed E-state index contributed by atoms with van der Waals surface area (Å²) in [6, 6.07) is 12.9. The molecule has 142 valence electrons. The molecule has 1 heterocycles. The second-order valence-corrected chi connectivity index (χ2v) is 7.58. The number of hydrogen-bond acceptors (Lipinski definition) is 2. The monoisotopic (exact) mass is 388 g/mol. The van der Waals surface area contributed by atoms with Gasteiger partial charge in [-0.15, -0.1) is 0 Å². The third kappa shape index (κ3) is 4.48. The molecule has 4 nitrogen and oxygen atoms in total. The first-order valence-electron chi connectivity index (χ1n) is 8.96. The number of nitrogens with one attached hydrogen (secondary N) is 1. The maximum Gasteiger partial charge on any atom is 0.253 e. The second-order valence-electron chi connectivity index (χ2n) is 7.15. The molecule has 2 aromatic carbocycles. The van der Waals surface area contributed by atoms with E-state index in [1.54, 1.807) is 41.3 Å². The van der Waals surface area contributed by atoms with E-state index in [1.165, 1.54) is 12.1 Å². The van der Waals surface area contributed by atoms with E-state index in [4.69, 9.17) is 11.6 Å². The summed E-state index contributed by atoms with van der Waals surface area (Å²) < 4.78 is 13.3. The van der Waals surface area contributed by atoms with Crippen LogP contribution in [-0.4, -0.2) is 35.8 Å². The summed E-state index contributed by atoms with van der Waals surface area (Å²) in [7, 11) is 0. The first kappa shape index (κ1) is 19.4. The number of carbonyl (C=O) groups is 2. The molecule has 6 heteroatoms. The topological polar surface area (TPSA) is 49.4 Å². The highest BCUT2D eigenvalue weighted by atomic mass is 35.5. The van der Waals surface area contributed by atoms with Crippen LogP contribution in [0, 0.1) is 11.7 Å². The smallest absolute Gasteiger partial charge is 0.253 e. The zero-order chi connectivity index (χ0) is 19.6. The summed E-state index contributed by atoms with van der Waals surface area (Å²) in [5.41, 5.74) is 1.34. The lowest BCUT2D eigenvalue weighted by Crippen LogP contribution is -2.39. The van der Waals surface area contributed by atoms with Gasteiger partial charge < -0.3 is 10.2 Å². The quantitative estimate of drug-likeness (QED) is 0.864. The maximum absolute atomic E-state index is 13.3. The van der Waals surface area contributed by atoms with Crippen molar-refractivity contribution in [1.82, 2.24) is 10.2 Å². The number of benzene rings is 2. The Labute approximate surface area is 163 Å². The molecule has 2 amide bonds. The fraction of sp³-hybridized carbons (Fsp3) is 0.333. The molecule has 27 heavy (non-hydrogen) atoms. The normalized spacial score (nSPS) is 19.4. The molecule has 0 aliphatic carbocycles. The third-order valence-electron chi connectivity index (χ3n) is 4.74. The molecule has 1 N–H and O–H groups in total. The fourth-order valence-electron chi connectivity index (χ4n) is 3.48. The van der Waals surface area contributed by atoms with E-state index in [1.807, 2.05) is 13.8 Å². The largest absolute Gasteiger partial charge is 0.354 e. The molecule has 2 unspecified atom stereocenters.